The minimum absolute atomic E-state index is 0.112. The highest BCUT2D eigenvalue weighted by Gasteiger charge is 2.31. The van der Waals surface area contributed by atoms with Crippen molar-refractivity contribution in [2.45, 2.75) is 25.6 Å². The summed E-state index contributed by atoms with van der Waals surface area (Å²) in [6.45, 7) is 1.14. The van der Waals surface area contributed by atoms with Crippen LogP contribution in [0.3, 0.4) is 0 Å². The lowest BCUT2D eigenvalue weighted by molar-refractivity contribution is -0.138. The van der Waals surface area contributed by atoms with Crippen molar-refractivity contribution in [1.29, 1.82) is 0 Å². The fourth-order valence-electron chi connectivity index (χ4n) is 1.37. The van der Waals surface area contributed by atoms with Crippen LogP contribution in [-0.4, -0.2) is 17.3 Å². The van der Waals surface area contributed by atoms with Gasteiger partial charge in [-0.25, -0.2) is 0 Å². The first-order valence-electron chi connectivity index (χ1n) is 5.02. The lowest BCUT2D eigenvalue weighted by atomic mass is 10.0. The molecule has 1 rings (SSSR count). The minimum Gasteiger partial charge on any atom is -0.504 e. The molecular formula is C11H12F3NO3. The van der Waals surface area contributed by atoms with Crippen LogP contribution in [0.25, 0.3) is 0 Å². The van der Waals surface area contributed by atoms with Crippen LogP contribution >= 0.6 is 0 Å². The van der Waals surface area contributed by atoms with E-state index >= 15 is 0 Å². The molecule has 4 nitrogen and oxygen atoms in total. The lowest BCUT2D eigenvalue weighted by Crippen LogP contribution is -2.20. The first-order chi connectivity index (χ1) is 8.19. The molecular weight excluding hydrogens is 251 g/mol. The van der Waals surface area contributed by atoms with Gasteiger partial charge in [-0.05, 0) is 17.7 Å². The highest BCUT2D eigenvalue weighted by atomic mass is 19.4. The summed E-state index contributed by atoms with van der Waals surface area (Å²) in [5, 5.41) is 9.47. The predicted octanol–water partition coefficient (Wildman–Crippen LogP) is 2.27. The predicted molar refractivity (Wildman–Crippen MR) is 57.0 cm³/mol. The minimum atomic E-state index is -4.39. The lowest BCUT2D eigenvalue weighted by Gasteiger charge is -2.15. The number of esters is 1. The molecule has 0 aromatic heterocycles. The van der Waals surface area contributed by atoms with E-state index in [1.807, 2.05) is 0 Å². The summed E-state index contributed by atoms with van der Waals surface area (Å²) in [4.78, 5) is 10.7. The number of alkyl halides is 3. The van der Waals surface area contributed by atoms with Gasteiger partial charge in [-0.3, -0.25) is 4.79 Å². The number of phenolic OH excluding ortho intramolecular Hbond substituents is 1. The fraction of sp³-hybridized carbons (Fsp3) is 0.364. The molecule has 0 aliphatic heterocycles. The summed E-state index contributed by atoms with van der Waals surface area (Å²) in [6, 6.07) is 2.24. The normalized spacial score (nSPS) is 13.2. The molecule has 7 heteroatoms. The molecule has 0 aliphatic carbocycles. The zero-order valence-electron chi connectivity index (χ0n) is 9.49. The number of nitrogens with two attached hydrogens (primary N) is 1. The van der Waals surface area contributed by atoms with Gasteiger partial charge in [-0.1, -0.05) is 6.07 Å². The molecule has 0 saturated heterocycles. The van der Waals surface area contributed by atoms with Gasteiger partial charge < -0.3 is 15.6 Å². The van der Waals surface area contributed by atoms with Crippen LogP contribution < -0.4 is 10.5 Å². The van der Waals surface area contributed by atoms with E-state index in [9.17, 15) is 23.1 Å². The highest BCUT2D eigenvalue weighted by molar-refractivity contribution is 5.70. The Balaban J connectivity index is 2.87. The molecule has 1 atom stereocenters. The molecule has 0 spiro atoms. The largest absolute Gasteiger partial charge is 0.504 e. The molecule has 0 heterocycles. The van der Waals surface area contributed by atoms with Crippen molar-refractivity contribution < 1.29 is 27.8 Å². The van der Waals surface area contributed by atoms with Gasteiger partial charge >= 0.3 is 12.1 Å². The van der Waals surface area contributed by atoms with Crippen LogP contribution in [0.5, 0.6) is 11.5 Å². The summed E-state index contributed by atoms with van der Waals surface area (Å²) in [5.41, 5.74) is 5.47. The van der Waals surface area contributed by atoms with Crippen molar-refractivity contribution in [2.24, 2.45) is 5.73 Å². The van der Waals surface area contributed by atoms with E-state index in [2.05, 4.69) is 4.74 Å². The SMILES string of the molecule is CC(=O)Oc1ccc([C@@H](N)CC(F)(F)F)cc1O. The molecule has 0 bridgehead atoms. The number of ether oxygens (including phenoxy) is 1. The van der Waals surface area contributed by atoms with Crippen molar-refractivity contribution in [3.8, 4) is 11.5 Å². The number of hydrogen-bond acceptors (Lipinski definition) is 4. The van der Waals surface area contributed by atoms with Crippen molar-refractivity contribution in [3.63, 3.8) is 0 Å². The highest BCUT2D eigenvalue weighted by Crippen LogP contribution is 2.33. The molecule has 1 aromatic carbocycles. The van der Waals surface area contributed by atoms with Gasteiger partial charge in [0, 0.05) is 13.0 Å². The molecule has 18 heavy (non-hydrogen) atoms. The molecule has 0 unspecified atom stereocenters. The second kappa shape index (κ2) is 5.26. The van der Waals surface area contributed by atoms with Gasteiger partial charge in [0.1, 0.15) is 0 Å². The number of carbonyl (C=O) groups is 1. The Bertz CT molecular complexity index is 446. The number of halogens is 3. The molecule has 0 saturated carbocycles. The quantitative estimate of drug-likeness (QED) is 0.648. The van der Waals surface area contributed by atoms with Gasteiger partial charge in [0.2, 0.25) is 0 Å². The molecule has 100 valence electrons. The zero-order chi connectivity index (χ0) is 13.9. The number of benzene rings is 1. The monoisotopic (exact) mass is 263 g/mol. The van der Waals surface area contributed by atoms with Crippen molar-refractivity contribution >= 4 is 5.97 Å². The Morgan fingerprint density at radius 1 is 1.50 bits per heavy atom. The fourth-order valence-corrected chi connectivity index (χ4v) is 1.37. The third-order valence-electron chi connectivity index (χ3n) is 2.12. The first-order valence-corrected chi connectivity index (χ1v) is 5.02. The third-order valence-corrected chi connectivity index (χ3v) is 2.12. The van der Waals surface area contributed by atoms with Crippen LogP contribution in [0.2, 0.25) is 0 Å². The van der Waals surface area contributed by atoms with Crippen LogP contribution in [0, 0.1) is 0 Å². The zero-order valence-corrected chi connectivity index (χ0v) is 9.49. The average Bonchev–Trinajstić information content (AvgIpc) is 2.17. The number of rotatable bonds is 3. The van der Waals surface area contributed by atoms with Gasteiger partial charge in [0.15, 0.2) is 11.5 Å². The van der Waals surface area contributed by atoms with Crippen molar-refractivity contribution in [2.75, 3.05) is 0 Å². The maximum atomic E-state index is 12.1. The second-order valence-electron chi connectivity index (χ2n) is 3.75. The number of carbonyl (C=O) groups excluding carboxylic acids is 1. The van der Waals surface area contributed by atoms with Gasteiger partial charge in [0.25, 0.3) is 0 Å². The van der Waals surface area contributed by atoms with Gasteiger partial charge in [0.05, 0.1) is 6.42 Å². The number of hydrogen-bond donors (Lipinski definition) is 2. The van der Waals surface area contributed by atoms with E-state index in [1.165, 1.54) is 12.1 Å². The van der Waals surface area contributed by atoms with E-state index in [4.69, 9.17) is 5.73 Å². The first kappa shape index (κ1) is 14.3. The molecule has 0 fully saturated rings. The van der Waals surface area contributed by atoms with E-state index in [1.54, 1.807) is 0 Å². The third kappa shape index (κ3) is 4.25. The van der Waals surface area contributed by atoms with E-state index in [-0.39, 0.29) is 11.3 Å². The number of phenols is 1. The molecule has 0 radical (unpaired) electrons. The molecule has 0 aliphatic rings. The summed E-state index contributed by atoms with van der Waals surface area (Å²) >= 11 is 0. The second-order valence-corrected chi connectivity index (χ2v) is 3.75. The van der Waals surface area contributed by atoms with Gasteiger partial charge in [-0.2, -0.15) is 13.2 Å². The molecule has 3 N–H and O–H groups in total. The Morgan fingerprint density at radius 2 is 2.11 bits per heavy atom. The smallest absolute Gasteiger partial charge is 0.390 e. The number of aromatic hydroxyl groups is 1. The Hall–Kier alpha value is -1.76. The summed E-state index contributed by atoms with van der Waals surface area (Å²) < 4.78 is 41.0. The van der Waals surface area contributed by atoms with Crippen LogP contribution in [-0.2, 0) is 4.79 Å². The van der Waals surface area contributed by atoms with Crippen LogP contribution in [0.1, 0.15) is 24.9 Å². The summed E-state index contributed by atoms with van der Waals surface area (Å²) in [6.07, 6.45) is -5.58. The maximum Gasteiger partial charge on any atom is 0.390 e. The average molecular weight is 263 g/mol. The maximum absolute atomic E-state index is 12.1. The Kier molecular flexibility index (Phi) is 4.18. The van der Waals surface area contributed by atoms with Crippen LogP contribution in [0.4, 0.5) is 13.2 Å². The molecule has 0 amide bonds. The van der Waals surface area contributed by atoms with Crippen molar-refractivity contribution in [3.05, 3.63) is 23.8 Å². The van der Waals surface area contributed by atoms with E-state index in [0.717, 1.165) is 13.0 Å². The molecule has 1 aromatic rings. The topological polar surface area (TPSA) is 72.5 Å². The standard InChI is InChI=1S/C11H12F3NO3/c1-6(16)18-10-3-2-7(4-9(10)17)8(15)5-11(12,13)14/h2-4,8,17H,5,15H2,1H3/t8-/m0/s1. The summed E-state index contributed by atoms with van der Waals surface area (Å²) in [7, 11) is 0. The van der Waals surface area contributed by atoms with E-state index < -0.39 is 30.4 Å². The van der Waals surface area contributed by atoms with Crippen LogP contribution in [0.15, 0.2) is 18.2 Å². The Labute approximate surface area is 101 Å². The van der Waals surface area contributed by atoms with Crippen molar-refractivity contribution in [1.82, 2.24) is 0 Å². The van der Waals surface area contributed by atoms with Gasteiger partial charge in [-0.15, -0.1) is 0 Å². The Morgan fingerprint density at radius 3 is 2.56 bits per heavy atom. The van der Waals surface area contributed by atoms with E-state index in [0.29, 0.717) is 0 Å². The summed E-state index contributed by atoms with van der Waals surface area (Å²) in [5.74, 6) is -1.19.